The van der Waals surface area contributed by atoms with Crippen LogP contribution in [0.3, 0.4) is 0 Å². The first-order chi connectivity index (χ1) is 9.08. The number of nitrogens with one attached hydrogen (secondary N) is 2. The lowest BCUT2D eigenvalue weighted by Gasteiger charge is -2.08. The van der Waals surface area contributed by atoms with E-state index in [1.807, 2.05) is 0 Å². The van der Waals surface area contributed by atoms with Crippen molar-refractivity contribution in [1.29, 1.82) is 0 Å². The number of anilines is 1. The number of amides is 2. The fourth-order valence-corrected chi connectivity index (χ4v) is 1.30. The number of ether oxygens (including phenoxy) is 1. The van der Waals surface area contributed by atoms with Crippen molar-refractivity contribution >= 4 is 17.5 Å². The summed E-state index contributed by atoms with van der Waals surface area (Å²) >= 11 is 0. The van der Waals surface area contributed by atoms with Gasteiger partial charge in [-0.2, -0.15) is 0 Å². The number of rotatable bonds is 5. The number of halogens is 1. The van der Waals surface area contributed by atoms with Gasteiger partial charge in [0.2, 0.25) is 0 Å². The first-order valence-electron chi connectivity index (χ1n) is 5.80. The number of hydrogen-bond donors (Lipinski definition) is 3. The minimum atomic E-state index is -0.878. The third kappa shape index (κ3) is 4.55. The summed E-state index contributed by atoms with van der Waals surface area (Å²) in [6, 6.07) is 3.91. The predicted octanol–water partition coefficient (Wildman–Crippen LogP) is 0.238. The topological polar surface area (TPSA) is 93.4 Å². The molecule has 0 atom stereocenters. The molecule has 1 aromatic carbocycles. The first kappa shape index (κ1) is 14.9. The average molecular weight is 269 g/mol. The molecule has 6 nitrogen and oxygen atoms in total. The Balaban J connectivity index is 2.64. The normalized spacial score (nSPS) is 9.84. The van der Waals surface area contributed by atoms with Gasteiger partial charge in [0.25, 0.3) is 0 Å². The van der Waals surface area contributed by atoms with Crippen LogP contribution in [0.15, 0.2) is 18.2 Å². The smallest absolute Gasteiger partial charge is 0.313 e. The molecule has 7 heteroatoms. The molecule has 0 spiro atoms. The van der Waals surface area contributed by atoms with E-state index in [-0.39, 0.29) is 24.5 Å². The van der Waals surface area contributed by atoms with E-state index in [1.54, 1.807) is 6.92 Å². The van der Waals surface area contributed by atoms with Crippen LogP contribution >= 0.6 is 0 Å². The van der Waals surface area contributed by atoms with Gasteiger partial charge in [-0.1, -0.05) is 0 Å². The maximum absolute atomic E-state index is 13.5. The van der Waals surface area contributed by atoms with E-state index in [0.29, 0.717) is 6.61 Å². The summed E-state index contributed by atoms with van der Waals surface area (Å²) in [6.07, 6.45) is 0. The molecule has 0 fully saturated rings. The van der Waals surface area contributed by atoms with Crippen molar-refractivity contribution in [3.8, 4) is 5.75 Å². The van der Waals surface area contributed by atoms with Gasteiger partial charge in [0.05, 0.1) is 6.61 Å². The molecule has 0 aliphatic carbocycles. The van der Waals surface area contributed by atoms with Crippen molar-refractivity contribution in [1.82, 2.24) is 5.32 Å². The number of nitrogens with two attached hydrogens (primary N) is 1. The van der Waals surface area contributed by atoms with Crippen LogP contribution in [0.2, 0.25) is 0 Å². The molecule has 1 rings (SSSR count). The van der Waals surface area contributed by atoms with Crippen molar-refractivity contribution in [3.05, 3.63) is 24.0 Å². The Bertz CT molecular complexity index is 466. The summed E-state index contributed by atoms with van der Waals surface area (Å²) in [5.41, 5.74) is 5.36. The first-order valence-corrected chi connectivity index (χ1v) is 5.80. The van der Waals surface area contributed by atoms with Gasteiger partial charge in [0.1, 0.15) is 0 Å². The highest BCUT2D eigenvalue weighted by atomic mass is 19.1. The Morgan fingerprint density at radius 2 is 2.11 bits per heavy atom. The Labute approximate surface area is 110 Å². The summed E-state index contributed by atoms with van der Waals surface area (Å²) in [7, 11) is 0. The van der Waals surface area contributed by atoms with Crippen molar-refractivity contribution in [2.24, 2.45) is 5.73 Å². The zero-order chi connectivity index (χ0) is 14.3. The van der Waals surface area contributed by atoms with Gasteiger partial charge in [0.15, 0.2) is 11.6 Å². The fraction of sp³-hybridized carbons (Fsp3) is 0.333. The molecule has 0 heterocycles. The molecular weight excluding hydrogens is 253 g/mol. The van der Waals surface area contributed by atoms with Crippen molar-refractivity contribution in [2.45, 2.75) is 6.92 Å². The van der Waals surface area contributed by atoms with E-state index >= 15 is 0 Å². The number of benzene rings is 1. The van der Waals surface area contributed by atoms with Gasteiger partial charge in [-0.25, -0.2) is 4.39 Å². The highest BCUT2D eigenvalue weighted by Crippen LogP contribution is 2.20. The second-order valence-corrected chi connectivity index (χ2v) is 3.58. The fourth-order valence-electron chi connectivity index (χ4n) is 1.30. The number of hydrogen-bond acceptors (Lipinski definition) is 4. The average Bonchev–Trinajstić information content (AvgIpc) is 2.39. The summed E-state index contributed by atoms with van der Waals surface area (Å²) in [6.45, 7) is 2.50. The number of carbonyl (C=O) groups excluding carboxylic acids is 2. The highest BCUT2D eigenvalue weighted by molar-refractivity contribution is 6.39. The molecule has 2 amide bonds. The molecule has 0 saturated heterocycles. The van der Waals surface area contributed by atoms with Crippen molar-refractivity contribution in [3.63, 3.8) is 0 Å². The second-order valence-electron chi connectivity index (χ2n) is 3.58. The molecule has 0 radical (unpaired) electrons. The maximum Gasteiger partial charge on any atom is 0.313 e. The van der Waals surface area contributed by atoms with Gasteiger partial charge in [-0.15, -0.1) is 0 Å². The predicted molar refractivity (Wildman–Crippen MR) is 68.3 cm³/mol. The molecule has 0 unspecified atom stereocenters. The monoisotopic (exact) mass is 269 g/mol. The molecule has 0 aromatic heterocycles. The van der Waals surface area contributed by atoms with Gasteiger partial charge in [-0.3, -0.25) is 9.59 Å². The van der Waals surface area contributed by atoms with Crippen LogP contribution in [0.4, 0.5) is 10.1 Å². The van der Waals surface area contributed by atoms with E-state index in [2.05, 4.69) is 10.6 Å². The third-order valence-electron chi connectivity index (χ3n) is 2.13. The van der Waals surface area contributed by atoms with Crippen LogP contribution < -0.4 is 21.1 Å². The molecule has 1 aromatic rings. The van der Waals surface area contributed by atoms with Crippen molar-refractivity contribution < 1.29 is 18.7 Å². The molecule has 0 saturated carbocycles. The summed E-state index contributed by atoms with van der Waals surface area (Å²) < 4.78 is 18.5. The van der Waals surface area contributed by atoms with Gasteiger partial charge < -0.3 is 21.1 Å². The van der Waals surface area contributed by atoms with E-state index in [0.717, 1.165) is 6.07 Å². The SMILES string of the molecule is CCOc1ccc(NC(=O)C(=O)NCCN)cc1F. The van der Waals surface area contributed by atoms with Gasteiger partial charge >= 0.3 is 11.8 Å². The molecular formula is C12H16FN3O3. The van der Waals surface area contributed by atoms with Crippen LogP contribution in [0.5, 0.6) is 5.75 Å². The zero-order valence-electron chi connectivity index (χ0n) is 10.5. The quantitative estimate of drug-likeness (QED) is 0.667. The minimum absolute atomic E-state index is 0.0908. The van der Waals surface area contributed by atoms with Gasteiger partial charge in [0, 0.05) is 24.8 Å². The molecule has 104 valence electrons. The lowest BCUT2D eigenvalue weighted by molar-refractivity contribution is -0.136. The largest absolute Gasteiger partial charge is 0.491 e. The minimum Gasteiger partial charge on any atom is -0.491 e. The standard InChI is InChI=1S/C12H16FN3O3/c1-2-19-10-4-3-8(7-9(10)13)16-12(18)11(17)15-6-5-14/h3-4,7H,2,5-6,14H2,1H3,(H,15,17)(H,16,18). The molecule has 0 bridgehead atoms. The molecule has 4 N–H and O–H groups in total. The lowest BCUT2D eigenvalue weighted by Crippen LogP contribution is -2.37. The van der Waals surface area contributed by atoms with E-state index < -0.39 is 17.6 Å². The van der Waals surface area contributed by atoms with E-state index in [1.165, 1.54) is 12.1 Å². The highest BCUT2D eigenvalue weighted by Gasteiger charge is 2.13. The Morgan fingerprint density at radius 3 is 2.68 bits per heavy atom. The lowest BCUT2D eigenvalue weighted by atomic mass is 10.3. The Hall–Kier alpha value is -2.15. The Kier molecular flexibility index (Phi) is 5.74. The van der Waals surface area contributed by atoms with Crippen molar-refractivity contribution in [2.75, 3.05) is 25.0 Å². The molecule has 0 aliphatic heterocycles. The van der Waals surface area contributed by atoms with E-state index in [9.17, 15) is 14.0 Å². The summed E-state index contributed by atoms with van der Waals surface area (Å²) in [5, 5.41) is 4.58. The van der Waals surface area contributed by atoms with Gasteiger partial charge in [-0.05, 0) is 19.1 Å². The number of carbonyl (C=O) groups is 2. The summed E-state index contributed by atoms with van der Waals surface area (Å²) in [5.74, 6) is -2.22. The molecule has 0 aliphatic rings. The van der Waals surface area contributed by atoms with Crippen LogP contribution in [-0.4, -0.2) is 31.5 Å². The van der Waals surface area contributed by atoms with Crippen LogP contribution in [0.25, 0.3) is 0 Å². The van der Waals surface area contributed by atoms with Crippen LogP contribution in [0.1, 0.15) is 6.92 Å². The maximum atomic E-state index is 13.5. The third-order valence-corrected chi connectivity index (χ3v) is 2.13. The zero-order valence-corrected chi connectivity index (χ0v) is 10.5. The van der Waals surface area contributed by atoms with Crippen LogP contribution in [0, 0.1) is 5.82 Å². The molecule has 19 heavy (non-hydrogen) atoms. The Morgan fingerprint density at radius 1 is 1.37 bits per heavy atom. The van der Waals surface area contributed by atoms with E-state index in [4.69, 9.17) is 10.5 Å². The second kappa shape index (κ2) is 7.32. The summed E-state index contributed by atoms with van der Waals surface area (Å²) in [4.78, 5) is 22.7. The van der Waals surface area contributed by atoms with Crippen LogP contribution in [-0.2, 0) is 9.59 Å².